The van der Waals surface area contributed by atoms with Gasteiger partial charge in [-0.15, -0.1) is 0 Å². The molecule has 0 aromatic heterocycles. The molecule has 26 heavy (non-hydrogen) atoms. The summed E-state index contributed by atoms with van der Waals surface area (Å²) in [5.74, 6) is 0. The highest BCUT2D eigenvalue weighted by atomic mass is 16.7. The van der Waals surface area contributed by atoms with Gasteiger partial charge in [0.2, 0.25) is 0 Å². The molecule has 1 aliphatic rings. The van der Waals surface area contributed by atoms with E-state index in [0.717, 1.165) is 17.4 Å². The summed E-state index contributed by atoms with van der Waals surface area (Å²) in [6.45, 7) is 0.865. The summed E-state index contributed by atoms with van der Waals surface area (Å²) in [4.78, 5) is 11.3. The van der Waals surface area contributed by atoms with E-state index < -0.39 is 18.5 Å². The van der Waals surface area contributed by atoms with Crippen LogP contribution in [-0.2, 0) is 37.0 Å². The van der Waals surface area contributed by atoms with Crippen molar-refractivity contribution in [1.29, 1.82) is 0 Å². The summed E-state index contributed by atoms with van der Waals surface area (Å²) in [5.41, 5.74) is 2.12. The van der Waals surface area contributed by atoms with Gasteiger partial charge in [0, 0.05) is 13.5 Å². The van der Waals surface area contributed by atoms with Crippen molar-refractivity contribution in [2.45, 2.75) is 44.2 Å². The molecule has 4 atom stereocenters. The fraction of sp³-hybridized carbons (Fsp3) is 0.381. The zero-order chi connectivity index (χ0) is 18.2. The molecule has 3 rings (SSSR count). The van der Waals surface area contributed by atoms with Gasteiger partial charge in [0.25, 0.3) is 0 Å². The fourth-order valence-electron chi connectivity index (χ4n) is 3.01. The number of ether oxygens (including phenoxy) is 4. The number of rotatable bonds is 8. The van der Waals surface area contributed by atoms with E-state index in [-0.39, 0.29) is 6.10 Å². The Morgan fingerprint density at radius 2 is 1.54 bits per heavy atom. The van der Waals surface area contributed by atoms with Gasteiger partial charge in [-0.3, -0.25) is 0 Å². The summed E-state index contributed by atoms with van der Waals surface area (Å²) >= 11 is 0. The molecule has 0 unspecified atom stereocenters. The van der Waals surface area contributed by atoms with E-state index in [1.54, 1.807) is 7.11 Å². The van der Waals surface area contributed by atoms with Crippen LogP contribution in [0.3, 0.4) is 0 Å². The van der Waals surface area contributed by atoms with E-state index in [1.165, 1.54) is 0 Å². The summed E-state index contributed by atoms with van der Waals surface area (Å²) in [7, 11) is 1.55. The van der Waals surface area contributed by atoms with Crippen molar-refractivity contribution in [2.24, 2.45) is 0 Å². The lowest BCUT2D eigenvalue weighted by Crippen LogP contribution is -2.51. The smallest absolute Gasteiger partial charge is 0.186 e. The Morgan fingerprint density at radius 3 is 2.08 bits per heavy atom. The first-order valence-electron chi connectivity index (χ1n) is 8.74. The molecular formula is C21H24O5. The molecule has 5 heteroatoms. The SMILES string of the molecule is CO[C@H]1O[C@H](C=O)C[C@H](OCc2ccccc2)[C@H]1OCc1ccccc1. The maximum atomic E-state index is 11.3. The predicted octanol–water partition coefficient (Wildman–Crippen LogP) is 3.12. The van der Waals surface area contributed by atoms with Crippen molar-refractivity contribution < 1.29 is 23.7 Å². The Balaban J connectivity index is 1.68. The first-order chi connectivity index (χ1) is 12.8. The molecule has 0 N–H and O–H groups in total. The van der Waals surface area contributed by atoms with Gasteiger partial charge in [0.15, 0.2) is 6.29 Å². The van der Waals surface area contributed by atoms with Gasteiger partial charge in [0.1, 0.15) is 18.5 Å². The minimum Gasteiger partial charge on any atom is -0.371 e. The van der Waals surface area contributed by atoms with Crippen LogP contribution in [0.25, 0.3) is 0 Å². The van der Waals surface area contributed by atoms with Crippen LogP contribution in [-0.4, -0.2) is 38.0 Å². The molecule has 2 aromatic carbocycles. The Bertz CT molecular complexity index is 661. The molecule has 1 heterocycles. The molecule has 5 nitrogen and oxygen atoms in total. The lowest BCUT2D eigenvalue weighted by Gasteiger charge is -2.39. The lowest BCUT2D eigenvalue weighted by molar-refractivity contribution is -0.273. The molecule has 0 bridgehead atoms. The second kappa shape index (κ2) is 9.59. The molecule has 0 aliphatic carbocycles. The van der Waals surface area contributed by atoms with Gasteiger partial charge in [-0.1, -0.05) is 60.7 Å². The Morgan fingerprint density at radius 1 is 0.962 bits per heavy atom. The Labute approximate surface area is 153 Å². The topological polar surface area (TPSA) is 54.0 Å². The summed E-state index contributed by atoms with van der Waals surface area (Å²) < 4.78 is 23.3. The minimum absolute atomic E-state index is 0.298. The third-order valence-electron chi connectivity index (χ3n) is 4.38. The highest BCUT2D eigenvalue weighted by Crippen LogP contribution is 2.27. The van der Waals surface area contributed by atoms with Crippen molar-refractivity contribution in [3.05, 3.63) is 71.8 Å². The average Bonchev–Trinajstić information content (AvgIpc) is 2.72. The number of carbonyl (C=O) groups is 1. The number of benzene rings is 2. The first-order valence-corrected chi connectivity index (χ1v) is 8.74. The quantitative estimate of drug-likeness (QED) is 0.680. The van der Waals surface area contributed by atoms with Crippen LogP contribution >= 0.6 is 0 Å². The molecule has 0 amide bonds. The Hall–Kier alpha value is -2.05. The maximum Gasteiger partial charge on any atom is 0.186 e. The zero-order valence-corrected chi connectivity index (χ0v) is 14.8. The Kier molecular flexibility index (Phi) is 6.91. The molecule has 1 fully saturated rings. The van der Waals surface area contributed by atoms with Crippen molar-refractivity contribution in [3.8, 4) is 0 Å². The van der Waals surface area contributed by atoms with Gasteiger partial charge in [0.05, 0.1) is 19.3 Å². The van der Waals surface area contributed by atoms with Gasteiger partial charge in [-0.25, -0.2) is 0 Å². The normalized spacial score (nSPS) is 25.7. The number of hydrogen-bond acceptors (Lipinski definition) is 5. The highest BCUT2D eigenvalue weighted by molar-refractivity contribution is 5.56. The minimum atomic E-state index is -0.650. The number of methoxy groups -OCH3 is 1. The summed E-state index contributed by atoms with van der Waals surface area (Å²) in [5, 5.41) is 0. The maximum absolute atomic E-state index is 11.3. The molecule has 138 valence electrons. The van der Waals surface area contributed by atoms with Crippen molar-refractivity contribution in [2.75, 3.05) is 7.11 Å². The van der Waals surface area contributed by atoms with Gasteiger partial charge < -0.3 is 23.7 Å². The van der Waals surface area contributed by atoms with Crippen LogP contribution in [0.2, 0.25) is 0 Å². The van der Waals surface area contributed by atoms with Gasteiger partial charge in [-0.2, -0.15) is 0 Å². The molecular weight excluding hydrogens is 332 g/mol. The molecule has 2 aromatic rings. The highest BCUT2D eigenvalue weighted by Gasteiger charge is 2.40. The molecule has 0 radical (unpaired) electrons. The van der Waals surface area contributed by atoms with Crippen LogP contribution in [0, 0.1) is 0 Å². The summed E-state index contributed by atoms with van der Waals surface area (Å²) in [6.07, 6.45) is -0.692. The molecule has 1 aliphatic heterocycles. The summed E-state index contributed by atoms with van der Waals surface area (Å²) in [6, 6.07) is 19.8. The monoisotopic (exact) mass is 356 g/mol. The van der Waals surface area contributed by atoms with Crippen LogP contribution < -0.4 is 0 Å². The van der Waals surface area contributed by atoms with Crippen LogP contribution in [0.4, 0.5) is 0 Å². The fourth-order valence-corrected chi connectivity index (χ4v) is 3.01. The molecule has 1 saturated heterocycles. The van der Waals surface area contributed by atoms with E-state index in [1.807, 2.05) is 60.7 Å². The van der Waals surface area contributed by atoms with E-state index in [4.69, 9.17) is 18.9 Å². The standard InChI is InChI=1S/C21H24O5/c1-23-21-20(25-15-17-10-6-3-7-11-17)19(12-18(13-22)26-21)24-14-16-8-4-2-5-9-16/h2-11,13,18-21H,12,14-15H2,1H3/t18-,19-,20+,21-/m0/s1. The van der Waals surface area contributed by atoms with E-state index in [0.29, 0.717) is 19.6 Å². The van der Waals surface area contributed by atoms with Crippen LogP contribution in [0.5, 0.6) is 0 Å². The van der Waals surface area contributed by atoms with Gasteiger partial charge in [-0.05, 0) is 11.1 Å². The zero-order valence-electron chi connectivity index (χ0n) is 14.8. The number of hydrogen-bond donors (Lipinski definition) is 0. The third-order valence-corrected chi connectivity index (χ3v) is 4.38. The number of carbonyl (C=O) groups excluding carboxylic acids is 1. The molecule has 0 saturated carbocycles. The van der Waals surface area contributed by atoms with Crippen molar-refractivity contribution in [3.63, 3.8) is 0 Å². The van der Waals surface area contributed by atoms with E-state index >= 15 is 0 Å². The van der Waals surface area contributed by atoms with Crippen LogP contribution in [0.1, 0.15) is 17.5 Å². The van der Waals surface area contributed by atoms with Gasteiger partial charge >= 0.3 is 0 Å². The second-order valence-corrected chi connectivity index (χ2v) is 6.25. The average molecular weight is 356 g/mol. The number of aldehydes is 1. The largest absolute Gasteiger partial charge is 0.371 e. The van der Waals surface area contributed by atoms with Crippen molar-refractivity contribution in [1.82, 2.24) is 0 Å². The van der Waals surface area contributed by atoms with E-state index in [2.05, 4.69) is 0 Å². The first kappa shape index (κ1) is 18.7. The third kappa shape index (κ3) is 4.99. The second-order valence-electron chi connectivity index (χ2n) is 6.25. The van der Waals surface area contributed by atoms with Crippen LogP contribution in [0.15, 0.2) is 60.7 Å². The van der Waals surface area contributed by atoms with E-state index in [9.17, 15) is 4.79 Å². The molecule has 0 spiro atoms. The van der Waals surface area contributed by atoms with Crippen molar-refractivity contribution >= 4 is 6.29 Å². The predicted molar refractivity (Wildman–Crippen MR) is 96.4 cm³/mol. The lowest BCUT2D eigenvalue weighted by atomic mass is 10.0.